The normalized spacial score (nSPS) is 10.1. The van der Waals surface area contributed by atoms with Crippen LogP contribution in [-0.2, 0) is 0 Å². The van der Waals surface area contributed by atoms with Crippen LogP contribution in [0.4, 0.5) is 25.0 Å². The Kier molecular flexibility index (Phi) is 4.59. The number of halogens is 3. The number of hydrogen-bond donors (Lipinski definition) is 2. The van der Waals surface area contributed by atoms with Crippen LogP contribution in [0.15, 0.2) is 36.4 Å². The van der Waals surface area contributed by atoms with Crippen LogP contribution in [0.2, 0.25) is 5.02 Å². The summed E-state index contributed by atoms with van der Waals surface area (Å²) in [5.74, 6) is -1.12. The minimum atomic E-state index is -0.863. The van der Waals surface area contributed by atoms with E-state index < -0.39 is 17.7 Å². The van der Waals surface area contributed by atoms with Gasteiger partial charge in [0.05, 0.1) is 17.8 Å². The second-order valence-electron chi connectivity index (χ2n) is 4.05. The average molecular weight is 313 g/mol. The molecule has 21 heavy (non-hydrogen) atoms. The zero-order valence-corrected chi connectivity index (χ0v) is 11.7. The topological polar surface area (TPSA) is 50.4 Å². The first-order valence-electron chi connectivity index (χ1n) is 5.86. The Balaban J connectivity index is 2.06. The third-order valence-electron chi connectivity index (χ3n) is 2.59. The molecule has 0 aliphatic heterocycles. The lowest BCUT2D eigenvalue weighted by atomic mass is 10.3. The molecule has 2 amide bonds. The van der Waals surface area contributed by atoms with Gasteiger partial charge in [-0.1, -0.05) is 11.6 Å². The summed E-state index contributed by atoms with van der Waals surface area (Å²) in [5.41, 5.74) is 0.273. The van der Waals surface area contributed by atoms with E-state index in [-0.39, 0.29) is 5.69 Å². The van der Waals surface area contributed by atoms with E-state index in [0.29, 0.717) is 22.5 Å². The fourth-order valence-corrected chi connectivity index (χ4v) is 1.88. The van der Waals surface area contributed by atoms with Crippen LogP contribution in [0, 0.1) is 11.6 Å². The van der Waals surface area contributed by atoms with Crippen molar-refractivity contribution < 1.29 is 18.3 Å². The molecule has 0 aromatic heterocycles. The Labute approximate surface area is 124 Å². The van der Waals surface area contributed by atoms with E-state index in [2.05, 4.69) is 10.6 Å². The largest absolute Gasteiger partial charge is 0.495 e. The van der Waals surface area contributed by atoms with Gasteiger partial charge in [-0.2, -0.15) is 0 Å². The number of benzene rings is 2. The zero-order valence-electron chi connectivity index (χ0n) is 10.9. The van der Waals surface area contributed by atoms with Crippen molar-refractivity contribution in [3.05, 3.63) is 53.1 Å². The predicted molar refractivity (Wildman–Crippen MR) is 77.0 cm³/mol. The lowest BCUT2D eigenvalue weighted by Crippen LogP contribution is -2.20. The second-order valence-corrected chi connectivity index (χ2v) is 4.46. The van der Waals surface area contributed by atoms with Gasteiger partial charge in [0, 0.05) is 11.8 Å². The van der Waals surface area contributed by atoms with Crippen LogP contribution in [0.5, 0.6) is 5.75 Å². The smallest absolute Gasteiger partial charge is 0.323 e. The van der Waals surface area contributed by atoms with E-state index in [1.165, 1.54) is 13.2 Å². The lowest BCUT2D eigenvalue weighted by molar-refractivity contribution is 0.262. The van der Waals surface area contributed by atoms with Gasteiger partial charge in [-0.25, -0.2) is 13.6 Å². The Bertz CT molecular complexity index is 680. The van der Waals surface area contributed by atoms with E-state index >= 15 is 0 Å². The molecule has 4 nitrogen and oxygen atoms in total. The third-order valence-corrected chi connectivity index (χ3v) is 2.88. The van der Waals surface area contributed by atoms with Crippen LogP contribution in [-0.4, -0.2) is 13.1 Å². The van der Waals surface area contributed by atoms with Crippen molar-refractivity contribution in [3.63, 3.8) is 0 Å². The van der Waals surface area contributed by atoms with Crippen LogP contribution in [0.3, 0.4) is 0 Å². The van der Waals surface area contributed by atoms with E-state index in [1.807, 2.05) is 0 Å². The maximum Gasteiger partial charge on any atom is 0.323 e. The monoisotopic (exact) mass is 312 g/mol. The number of ether oxygens (including phenoxy) is 1. The summed E-state index contributed by atoms with van der Waals surface area (Å²) in [6.07, 6.45) is 0. The molecular formula is C14H11ClF2N2O2. The molecule has 0 unspecified atom stereocenters. The minimum absolute atomic E-state index is 0.131. The highest BCUT2D eigenvalue weighted by Crippen LogP contribution is 2.27. The highest BCUT2D eigenvalue weighted by Gasteiger charge is 2.09. The first-order valence-corrected chi connectivity index (χ1v) is 6.24. The Morgan fingerprint density at radius 1 is 1.14 bits per heavy atom. The molecule has 0 aliphatic carbocycles. The van der Waals surface area contributed by atoms with Crippen molar-refractivity contribution in [2.45, 2.75) is 0 Å². The van der Waals surface area contributed by atoms with Crippen molar-refractivity contribution in [1.29, 1.82) is 0 Å². The van der Waals surface area contributed by atoms with Crippen molar-refractivity contribution in [2.75, 3.05) is 17.7 Å². The Morgan fingerprint density at radius 2 is 1.90 bits per heavy atom. The molecule has 2 aromatic carbocycles. The zero-order chi connectivity index (χ0) is 15.4. The summed E-state index contributed by atoms with van der Waals surface area (Å²) in [6.45, 7) is 0. The molecule has 2 aromatic rings. The summed E-state index contributed by atoms with van der Waals surface area (Å²) in [5, 5.41) is 5.06. The number of urea groups is 1. The van der Waals surface area contributed by atoms with Gasteiger partial charge in [0.25, 0.3) is 0 Å². The predicted octanol–water partition coefficient (Wildman–Crippen LogP) is 4.27. The summed E-state index contributed by atoms with van der Waals surface area (Å²) >= 11 is 5.92. The molecule has 110 valence electrons. The van der Waals surface area contributed by atoms with Crippen LogP contribution < -0.4 is 15.4 Å². The SMILES string of the molecule is COc1ccc(NC(=O)Nc2ccc(F)cc2F)cc1Cl. The fraction of sp³-hybridized carbons (Fsp3) is 0.0714. The molecule has 0 saturated carbocycles. The molecule has 0 fully saturated rings. The molecule has 0 aliphatic rings. The van der Waals surface area contributed by atoms with Crippen LogP contribution in [0.25, 0.3) is 0 Å². The van der Waals surface area contributed by atoms with Crippen LogP contribution in [0.1, 0.15) is 0 Å². The Morgan fingerprint density at radius 3 is 2.52 bits per heavy atom. The van der Waals surface area contributed by atoms with Crippen molar-refractivity contribution in [1.82, 2.24) is 0 Å². The summed E-state index contributed by atoms with van der Waals surface area (Å²) < 4.78 is 31.1. The lowest BCUT2D eigenvalue weighted by Gasteiger charge is -2.10. The van der Waals surface area contributed by atoms with Gasteiger partial charge in [-0.05, 0) is 30.3 Å². The van der Waals surface area contributed by atoms with Gasteiger partial charge in [0.2, 0.25) is 0 Å². The molecule has 0 heterocycles. The third kappa shape index (κ3) is 3.82. The first kappa shape index (κ1) is 15.1. The van der Waals surface area contributed by atoms with E-state index in [4.69, 9.17) is 16.3 Å². The van der Waals surface area contributed by atoms with E-state index in [0.717, 1.165) is 12.1 Å². The molecule has 2 N–H and O–H groups in total. The molecule has 0 spiro atoms. The number of anilines is 2. The maximum absolute atomic E-state index is 13.4. The molecule has 0 bridgehead atoms. The summed E-state index contributed by atoms with van der Waals surface area (Å²) in [4.78, 5) is 11.7. The van der Waals surface area contributed by atoms with Gasteiger partial charge in [0.1, 0.15) is 17.4 Å². The average Bonchev–Trinajstić information content (AvgIpc) is 2.42. The van der Waals surface area contributed by atoms with Gasteiger partial charge >= 0.3 is 6.03 Å². The second kappa shape index (κ2) is 6.41. The standard InChI is InChI=1S/C14H11ClF2N2O2/c1-21-13-5-3-9(7-10(13)15)18-14(20)19-12-4-2-8(16)6-11(12)17/h2-7H,1H3,(H2,18,19,20). The summed E-state index contributed by atoms with van der Waals surface area (Å²) in [7, 11) is 1.47. The number of carbonyl (C=O) groups excluding carboxylic acids is 1. The van der Waals surface area contributed by atoms with Gasteiger partial charge in [-0.3, -0.25) is 0 Å². The summed E-state index contributed by atoms with van der Waals surface area (Å²) in [6, 6.07) is 6.82. The van der Waals surface area contributed by atoms with Crippen molar-refractivity contribution >= 4 is 29.0 Å². The minimum Gasteiger partial charge on any atom is -0.495 e. The van der Waals surface area contributed by atoms with E-state index in [1.54, 1.807) is 12.1 Å². The van der Waals surface area contributed by atoms with Crippen LogP contribution >= 0.6 is 11.6 Å². The molecule has 7 heteroatoms. The van der Waals surface area contributed by atoms with Crippen molar-refractivity contribution in [2.24, 2.45) is 0 Å². The van der Waals surface area contributed by atoms with Gasteiger partial charge < -0.3 is 15.4 Å². The van der Waals surface area contributed by atoms with Crippen molar-refractivity contribution in [3.8, 4) is 5.75 Å². The molecule has 0 radical (unpaired) electrons. The van der Waals surface area contributed by atoms with E-state index in [9.17, 15) is 13.6 Å². The fourth-order valence-electron chi connectivity index (χ4n) is 1.62. The number of methoxy groups -OCH3 is 1. The maximum atomic E-state index is 13.4. The molecule has 0 saturated heterocycles. The molecule has 0 atom stereocenters. The number of rotatable bonds is 3. The number of hydrogen-bond acceptors (Lipinski definition) is 2. The Hall–Kier alpha value is -2.34. The highest BCUT2D eigenvalue weighted by molar-refractivity contribution is 6.32. The number of carbonyl (C=O) groups is 1. The number of amides is 2. The molecule has 2 rings (SSSR count). The molecular weight excluding hydrogens is 302 g/mol. The first-order chi connectivity index (χ1) is 9.99. The van der Waals surface area contributed by atoms with Gasteiger partial charge in [0.15, 0.2) is 0 Å². The highest BCUT2D eigenvalue weighted by atomic mass is 35.5. The van der Waals surface area contributed by atoms with Gasteiger partial charge in [-0.15, -0.1) is 0 Å². The quantitative estimate of drug-likeness (QED) is 0.889. The number of nitrogens with one attached hydrogen (secondary N) is 2.